The molecule has 8 heteroatoms. The molecular formula is C6H4F8. The largest absolute Gasteiger partial charge is 0.384 e. The van der Waals surface area contributed by atoms with Crippen LogP contribution in [0.2, 0.25) is 0 Å². The van der Waals surface area contributed by atoms with Crippen LogP contribution < -0.4 is 0 Å². The van der Waals surface area contributed by atoms with E-state index in [0.717, 1.165) is 0 Å². The standard InChI is InChI=1S/C6H4F8/c1-2-4(9,10)6(13,14)5(11,12)3(7)8/h1-2H2. The lowest BCUT2D eigenvalue weighted by Gasteiger charge is -2.30. The van der Waals surface area contributed by atoms with Crippen molar-refractivity contribution in [1.29, 1.82) is 0 Å². The lowest BCUT2D eigenvalue weighted by molar-refractivity contribution is -0.316. The van der Waals surface area contributed by atoms with Gasteiger partial charge in [-0.2, -0.15) is 35.1 Å². The second kappa shape index (κ2) is 3.54. The molecule has 0 unspecified atom stereocenters. The third-order valence-electron chi connectivity index (χ3n) is 1.41. The van der Waals surface area contributed by atoms with Gasteiger partial charge in [-0.05, 0) is 6.92 Å². The number of alkyl halides is 6. The number of hydrogen-bond donors (Lipinski definition) is 0. The summed E-state index contributed by atoms with van der Waals surface area (Å²) in [6.45, 7) is 2.28. The van der Waals surface area contributed by atoms with Crippen LogP contribution in [0.15, 0.2) is 0 Å². The molecule has 0 aromatic carbocycles. The molecule has 0 N–H and O–H groups in total. The molecule has 0 aromatic rings. The lowest BCUT2D eigenvalue weighted by Crippen LogP contribution is -2.55. The summed E-state index contributed by atoms with van der Waals surface area (Å²) in [5.74, 6) is -17.6. The van der Waals surface area contributed by atoms with E-state index in [1.165, 1.54) is 0 Å². The zero-order valence-electron chi connectivity index (χ0n) is 6.44. The molecule has 0 fully saturated rings. The zero-order chi connectivity index (χ0) is 11.8. The fourth-order valence-corrected chi connectivity index (χ4v) is 0.505. The monoisotopic (exact) mass is 228 g/mol. The summed E-state index contributed by atoms with van der Waals surface area (Å²) in [6.07, 6.45) is -5.97. The van der Waals surface area contributed by atoms with Crippen molar-refractivity contribution in [3.63, 3.8) is 0 Å². The Morgan fingerprint density at radius 1 is 0.929 bits per heavy atom. The van der Waals surface area contributed by atoms with Crippen molar-refractivity contribution in [3.8, 4) is 0 Å². The molecule has 14 heavy (non-hydrogen) atoms. The maximum absolute atomic E-state index is 12.2. The van der Waals surface area contributed by atoms with Crippen LogP contribution in [0.5, 0.6) is 0 Å². The highest BCUT2D eigenvalue weighted by molar-refractivity contribution is 5.03. The molecule has 84 valence electrons. The second-order valence-electron chi connectivity index (χ2n) is 2.36. The summed E-state index contributed by atoms with van der Waals surface area (Å²) in [7, 11) is 0. The van der Waals surface area contributed by atoms with E-state index in [2.05, 4.69) is 6.92 Å². The predicted molar refractivity (Wildman–Crippen MR) is 30.3 cm³/mol. The van der Waals surface area contributed by atoms with Gasteiger partial charge < -0.3 is 0 Å². The molecule has 0 aliphatic rings. The summed E-state index contributed by atoms with van der Waals surface area (Å²) in [5.41, 5.74) is 0. The summed E-state index contributed by atoms with van der Waals surface area (Å²) in [6, 6.07) is 0. The minimum Gasteiger partial charge on any atom is -0.200 e. The van der Waals surface area contributed by atoms with Gasteiger partial charge in [0.2, 0.25) is 0 Å². The minimum atomic E-state index is -6.16. The van der Waals surface area contributed by atoms with Crippen LogP contribution >= 0.6 is 0 Å². The molecule has 0 bridgehead atoms. The molecule has 0 nitrogen and oxygen atoms in total. The molecule has 0 spiro atoms. The van der Waals surface area contributed by atoms with E-state index in [1.807, 2.05) is 0 Å². The van der Waals surface area contributed by atoms with Crippen molar-refractivity contribution in [2.75, 3.05) is 0 Å². The van der Waals surface area contributed by atoms with Gasteiger partial charge in [0.05, 0.1) is 0 Å². The molecule has 0 rings (SSSR count). The van der Waals surface area contributed by atoms with Crippen molar-refractivity contribution >= 4 is 0 Å². The Labute approximate surface area is 73.9 Å². The first-order valence-corrected chi connectivity index (χ1v) is 3.12. The maximum Gasteiger partial charge on any atom is 0.384 e. The lowest BCUT2D eigenvalue weighted by atomic mass is 10.0. The van der Waals surface area contributed by atoms with E-state index in [1.54, 1.807) is 0 Å². The Morgan fingerprint density at radius 3 is 1.50 bits per heavy atom. The van der Waals surface area contributed by atoms with Gasteiger partial charge in [0.1, 0.15) is 0 Å². The molecule has 0 saturated carbocycles. The fraction of sp³-hybridized carbons (Fsp3) is 0.667. The highest BCUT2D eigenvalue weighted by Crippen LogP contribution is 2.51. The summed E-state index contributed by atoms with van der Waals surface area (Å²) in [4.78, 5) is 0. The Kier molecular flexibility index (Phi) is 3.40. The molecule has 0 heterocycles. The summed E-state index contributed by atoms with van der Waals surface area (Å²) in [5, 5.41) is 0. The van der Waals surface area contributed by atoms with Crippen LogP contribution in [-0.2, 0) is 0 Å². The van der Waals surface area contributed by atoms with E-state index in [0.29, 0.717) is 0 Å². The quantitative estimate of drug-likeness (QED) is 0.645. The Balaban J connectivity index is 5.14. The number of rotatable bonds is 4. The highest BCUT2D eigenvalue weighted by atomic mass is 19.4. The van der Waals surface area contributed by atoms with Gasteiger partial charge in [-0.1, -0.05) is 0 Å². The van der Waals surface area contributed by atoms with Gasteiger partial charge in [-0.25, -0.2) is 0 Å². The molecule has 0 aromatic heterocycles. The average molecular weight is 228 g/mol. The molecule has 0 aliphatic carbocycles. The SMILES string of the molecule is [CH2]CC(F)(F)C(F)(F)C(F)(F)[C](F)F. The maximum atomic E-state index is 12.2. The number of halogens is 8. The van der Waals surface area contributed by atoms with Crippen LogP contribution in [0.4, 0.5) is 35.1 Å². The Morgan fingerprint density at radius 2 is 1.29 bits per heavy atom. The number of hydrogen-bond acceptors (Lipinski definition) is 0. The average Bonchev–Trinajstić information content (AvgIpc) is 2.03. The van der Waals surface area contributed by atoms with Crippen LogP contribution in [0, 0.1) is 13.3 Å². The molecule has 0 atom stereocenters. The van der Waals surface area contributed by atoms with Crippen LogP contribution in [0.1, 0.15) is 6.42 Å². The first kappa shape index (κ1) is 13.4. The van der Waals surface area contributed by atoms with E-state index in [9.17, 15) is 35.1 Å². The van der Waals surface area contributed by atoms with Gasteiger partial charge in [0, 0.05) is 6.42 Å². The van der Waals surface area contributed by atoms with Gasteiger partial charge >= 0.3 is 24.2 Å². The molecule has 0 amide bonds. The van der Waals surface area contributed by atoms with Crippen LogP contribution in [0.3, 0.4) is 0 Å². The van der Waals surface area contributed by atoms with E-state index in [4.69, 9.17) is 0 Å². The van der Waals surface area contributed by atoms with Crippen molar-refractivity contribution < 1.29 is 35.1 Å². The van der Waals surface area contributed by atoms with Gasteiger partial charge in [-0.3, -0.25) is 0 Å². The van der Waals surface area contributed by atoms with Crippen LogP contribution in [0.25, 0.3) is 0 Å². The molecular weight excluding hydrogens is 224 g/mol. The second-order valence-corrected chi connectivity index (χ2v) is 2.36. The van der Waals surface area contributed by atoms with E-state index < -0.39 is 30.6 Å². The Bertz CT molecular complexity index is 196. The third kappa shape index (κ3) is 1.78. The zero-order valence-corrected chi connectivity index (χ0v) is 6.44. The highest BCUT2D eigenvalue weighted by Gasteiger charge is 2.75. The van der Waals surface area contributed by atoms with Gasteiger partial charge in [-0.15, -0.1) is 0 Å². The van der Waals surface area contributed by atoms with E-state index >= 15 is 0 Å². The van der Waals surface area contributed by atoms with Crippen molar-refractivity contribution in [2.24, 2.45) is 0 Å². The molecule has 0 aliphatic heterocycles. The topological polar surface area (TPSA) is 0 Å². The van der Waals surface area contributed by atoms with Crippen molar-refractivity contribution in [1.82, 2.24) is 0 Å². The normalized spacial score (nSPS) is 15.0. The van der Waals surface area contributed by atoms with Crippen molar-refractivity contribution in [2.45, 2.75) is 24.2 Å². The van der Waals surface area contributed by atoms with Gasteiger partial charge in [0.25, 0.3) is 0 Å². The van der Waals surface area contributed by atoms with Crippen LogP contribution in [-0.4, -0.2) is 17.8 Å². The first-order valence-electron chi connectivity index (χ1n) is 3.12. The minimum absolute atomic E-state index is 1.91. The third-order valence-corrected chi connectivity index (χ3v) is 1.41. The fourth-order valence-electron chi connectivity index (χ4n) is 0.505. The summed E-state index contributed by atoms with van der Waals surface area (Å²) >= 11 is 0. The Hall–Kier alpha value is -0.560. The van der Waals surface area contributed by atoms with Gasteiger partial charge in [0.15, 0.2) is 0 Å². The predicted octanol–water partition coefficient (Wildman–Crippen LogP) is 3.54. The molecule has 0 saturated heterocycles. The van der Waals surface area contributed by atoms with Crippen molar-refractivity contribution in [3.05, 3.63) is 13.3 Å². The first-order chi connectivity index (χ1) is 6.00. The van der Waals surface area contributed by atoms with E-state index in [-0.39, 0.29) is 0 Å². The smallest absolute Gasteiger partial charge is 0.200 e. The summed E-state index contributed by atoms with van der Waals surface area (Å²) < 4.78 is 95.2. The molecule has 2 radical (unpaired) electrons.